The monoisotopic (exact) mass is 482 g/mol. The van der Waals surface area contributed by atoms with Crippen LogP contribution in [-0.4, -0.2) is 63.0 Å². The van der Waals surface area contributed by atoms with Crippen LogP contribution in [-0.2, 0) is 22.5 Å². The van der Waals surface area contributed by atoms with Crippen molar-refractivity contribution in [1.82, 2.24) is 30.2 Å². The minimum Gasteiger partial charge on any atom is -0.464 e. The molecule has 1 saturated heterocycles. The number of pyridine rings is 1. The lowest BCUT2D eigenvalue weighted by Gasteiger charge is -2.23. The van der Waals surface area contributed by atoms with Gasteiger partial charge in [0.15, 0.2) is 5.69 Å². The molecular formula is C24H27ClN6O3. The number of nitrogens with zero attached hydrogens (tertiary/aromatic N) is 5. The number of hydrogen-bond donors (Lipinski definition) is 1. The molecule has 9 nitrogen and oxygen atoms in total. The van der Waals surface area contributed by atoms with Crippen LogP contribution in [0.2, 0.25) is 5.02 Å². The molecule has 2 aromatic heterocycles. The Hall–Kier alpha value is -3.30. The minimum atomic E-state index is -0.541. The highest BCUT2D eigenvalue weighted by Crippen LogP contribution is 2.28. The van der Waals surface area contributed by atoms with Gasteiger partial charge in [-0.2, -0.15) is 0 Å². The summed E-state index contributed by atoms with van der Waals surface area (Å²) in [4.78, 5) is 31.7. The summed E-state index contributed by atoms with van der Waals surface area (Å²) in [5, 5.41) is 11.8. The van der Waals surface area contributed by atoms with Crippen LogP contribution in [0.1, 0.15) is 39.9 Å². The van der Waals surface area contributed by atoms with Gasteiger partial charge in [-0.3, -0.25) is 14.7 Å². The first-order chi connectivity index (χ1) is 16.4. The lowest BCUT2D eigenvalue weighted by molar-refractivity contribution is -0.125. The van der Waals surface area contributed by atoms with Crippen molar-refractivity contribution in [2.45, 2.75) is 38.4 Å². The standard InChI is InChI=1S/C24H27ClN6O3/c1-16-5-3-8-19(27-16)13-30-14-20(31-15-21(28-29-31)24(33)34-2)12-22(30)23(32)26-10-9-17-6-4-7-18(25)11-17/h3-8,11,15,20,22H,9-10,12-14H2,1-2H3,(H,26,32)/t20-,22-/m0/s1. The summed E-state index contributed by atoms with van der Waals surface area (Å²) in [5.41, 5.74) is 3.03. The maximum atomic E-state index is 13.2. The summed E-state index contributed by atoms with van der Waals surface area (Å²) in [6, 6.07) is 13.0. The first-order valence-electron chi connectivity index (χ1n) is 11.1. The SMILES string of the molecule is COC(=O)c1cn([C@H]2C[C@@H](C(=O)NCCc3cccc(Cl)c3)N(Cc3cccc(C)n3)C2)nn1. The van der Waals surface area contributed by atoms with Gasteiger partial charge in [-0.1, -0.05) is 35.0 Å². The summed E-state index contributed by atoms with van der Waals surface area (Å²) in [6.45, 7) is 3.56. The average Bonchev–Trinajstić information content (AvgIpc) is 3.46. The average molecular weight is 483 g/mol. The molecule has 0 spiro atoms. The van der Waals surface area contributed by atoms with E-state index in [0.717, 1.165) is 17.0 Å². The third-order valence-electron chi connectivity index (χ3n) is 5.88. The van der Waals surface area contributed by atoms with Crippen LogP contribution in [0, 0.1) is 6.92 Å². The molecule has 1 fully saturated rings. The van der Waals surface area contributed by atoms with Crippen molar-refractivity contribution in [2.75, 3.05) is 20.2 Å². The molecule has 3 aromatic rings. The molecule has 1 aromatic carbocycles. The largest absolute Gasteiger partial charge is 0.464 e. The molecular weight excluding hydrogens is 456 g/mol. The van der Waals surface area contributed by atoms with Crippen LogP contribution in [0.15, 0.2) is 48.7 Å². The topological polar surface area (TPSA) is 102 Å². The molecule has 34 heavy (non-hydrogen) atoms. The van der Waals surface area contributed by atoms with E-state index in [4.69, 9.17) is 16.3 Å². The fourth-order valence-electron chi connectivity index (χ4n) is 4.21. The first kappa shape index (κ1) is 23.8. The van der Waals surface area contributed by atoms with Crippen molar-refractivity contribution in [3.63, 3.8) is 0 Å². The van der Waals surface area contributed by atoms with Crippen molar-refractivity contribution in [3.8, 4) is 0 Å². The lowest BCUT2D eigenvalue weighted by Crippen LogP contribution is -2.43. The Labute approximate surface area is 203 Å². The molecule has 178 valence electrons. The van der Waals surface area contributed by atoms with Gasteiger partial charge in [0.1, 0.15) is 0 Å². The number of halogens is 1. The molecule has 0 saturated carbocycles. The van der Waals surface area contributed by atoms with Gasteiger partial charge in [-0.05, 0) is 49.6 Å². The number of methoxy groups -OCH3 is 1. The van der Waals surface area contributed by atoms with Gasteiger partial charge in [0, 0.05) is 30.4 Å². The zero-order valence-electron chi connectivity index (χ0n) is 19.1. The number of ether oxygens (including phenoxy) is 1. The van der Waals surface area contributed by atoms with E-state index in [0.29, 0.717) is 37.5 Å². The Morgan fingerprint density at radius 2 is 2.06 bits per heavy atom. The molecule has 0 aliphatic carbocycles. The lowest BCUT2D eigenvalue weighted by atomic mass is 10.1. The number of nitrogens with one attached hydrogen (secondary N) is 1. The van der Waals surface area contributed by atoms with Gasteiger partial charge in [0.05, 0.1) is 31.1 Å². The summed E-state index contributed by atoms with van der Waals surface area (Å²) in [7, 11) is 1.30. The van der Waals surface area contributed by atoms with Gasteiger partial charge in [0.25, 0.3) is 0 Å². The van der Waals surface area contributed by atoms with Gasteiger partial charge in [-0.25, -0.2) is 9.48 Å². The Bertz CT molecular complexity index is 1170. The van der Waals surface area contributed by atoms with Crippen LogP contribution in [0.5, 0.6) is 0 Å². The van der Waals surface area contributed by atoms with E-state index < -0.39 is 5.97 Å². The number of likely N-dealkylation sites (tertiary alicyclic amines) is 1. The van der Waals surface area contributed by atoms with E-state index in [1.54, 1.807) is 10.9 Å². The van der Waals surface area contributed by atoms with Crippen LogP contribution in [0.3, 0.4) is 0 Å². The van der Waals surface area contributed by atoms with Crippen LogP contribution >= 0.6 is 11.6 Å². The van der Waals surface area contributed by atoms with E-state index in [1.165, 1.54) is 7.11 Å². The van der Waals surface area contributed by atoms with Crippen molar-refractivity contribution in [1.29, 1.82) is 0 Å². The number of rotatable bonds is 8. The van der Waals surface area contributed by atoms with Gasteiger partial charge in [-0.15, -0.1) is 5.10 Å². The van der Waals surface area contributed by atoms with Gasteiger partial charge in [0.2, 0.25) is 5.91 Å². The predicted molar refractivity (Wildman–Crippen MR) is 126 cm³/mol. The maximum Gasteiger partial charge on any atom is 0.360 e. The highest BCUT2D eigenvalue weighted by molar-refractivity contribution is 6.30. The van der Waals surface area contributed by atoms with Crippen LogP contribution < -0.4 is 5.32 Å². The Morgan fingerprint density at radius 3 is 2.82 bits per heavy atom. The highest BCUT2D eigenvalue weighted by Gasteiger charge is 2.38. The van der Waals surface area contributed by atoms with Crippen molar-refractivity contribution < 1.29 is 14.3 Å². The van der Waals surface area contributed by atoms with Gasteiger partial charge >= 0.3 is 5.97 Å². The number of esters is 1. The van der Waals surface area contributed by atoms with E-state index in [1.807, 2.05) is 49.4 Å². The number of aromatic nitrogens is 4. The summed E-state index contributed by atoms with van der Waals surface area (Å²) in [5.74, 6) is -0.592. The highest BCUT2D eigenvalue weighted by atomic mass is 35.5. The third-order valence-corrected chi connectivity index (χ3v) is 6.11. The smallest absolute Gasteiger partial charge is 0.360 e. The van der Waals surface area contributed by atoms with Crippen LogP contribution in [0.4, 0.5) is 0 Å². The number of carbonyl (C=O) groups excluding carboxylic acids is 2. The summed E-state index contributed by atoms with van der Waals surface area (Å²) < 4.78 is 6.37. The number of carbonyl (C=O) groups is 2. The Balaban J connectivity index is 1.46. The molecule has 1 aliphatic heterocycles. The quantitative estimate of drug-likeness (QED) is 0.492. The molecule has 4 rings (SSSR count). The van der Waals surface area contributed by atoms with Crippen molar-refractivity contribution >= 4 is 23.5 Å². The number of benzene rings is 1. The second kappa shape index (κ2) is 10.8. The van der Waals surface area contributed by atoms with Crippen molar-refractivity contribution in [3.05, 3.63) is 76.3 Å². The zero-order chi connectivity index (χ0) is 24.1. The summed E-state index contributed by atoms with van der Waals surface area (Å²) in [6.07, 6.45) is 2.80. The number of amides is 1. The molecule has 2 atom stereocenters. The Morgan fingerprint density at radius 1 is 1.24 bits per heavy atom. The first-order valence-corrected chi connectivity index (χ1v) is 11.5. The fourth-order valence-corrected chi connectivity index (χ4v) is 4.42. The van der Waals surface area contributed by atoms with E-state index in [2.05, 4.69) is 25.5 Å². The summed E-state index contributed by atoms with van der Waals surface area (Å²) >= 11 is 6.06. The minimum absolute atomic E-state index is 0.0505. The Kier molecular flexibility index (Phi) is 7.54. The second-order valence-electron chi connectivity index (χ2n) is 8.35. The number of aryl methyl sites for hydroxylation is 1. The molecule has 1 amide bonds. The van der Waals surface area contributed by atoms with Gasteiger partial charge < -0.3 is 10.1 Å². The molecule has 0 unspecified atom stereocenters. The van der Waals surface area contributed by atoms with E-state index in [-0.39, 0.29) is 23.7 Å². The maximum absolute atomic E-state index is 13.2. The molecule has 1 aliphatic rings. The van der Waals surface area contributed by atoms with E-state index in [9.17, 15) is 9.59 Å². The van der Waals surface area contributed by atoms with Crippen LogP contribution in [0.25, 0.3) is 0 Å². The third kappa shape index (κ3) is 5.78. The predicted octanol–water partition coefficient (Wildman–Crippen LogP) is 2.60. The zero-order valence-corrected chi connectivity index (χ0v) is 19.9. The second-order valence-corrected chi connectivity index (χ2v) is 8.79. The molecule has 3 heterocycles. The molecule has 0 radical (unpaired) electrons. The normalized spacial score (nSPS) is 18.1. The molecule has 10 heteroatoms. The van der Waals surface area contributed by atoms with Crippen molar-refractivity contribution in [2.24, 2.45) is 0 Å². The van der Waals surface area contributed by atoms with E-state index >= 15 is 0 Å². The number of hydrogen-bond acceptors (Lipinski definition) is 7. The molecule has 1 N–H and O–H groups in total. The molecule has 0 bridgehead atoms. The fraction of sp³-hybridized carbons (Fsp3) is 0.375.